The van der Waals surface area contributed by atoms with Gasteiger partial charge in [0.2, 0.25) is 0 Å². The molecule has 4 heteroatoms. The minimum atomic E-state index is -0.420. The Morgan fingerprint density at radius 1 is 0.920 bits per heavy atom. The first kappa shape index (κ1) is 18.7. The highest BCUT2D eigenvalue weighted by Crippen LogP contribution is 2.22. The maximum absolute atomic E-state index is 12.0. The van der Waals surface area contributed by atoms with E-state index in [1.54, 1.807) is 24.3 Å². The molecule has 132 valence electrons. The minimum Gasteiger partial charge on any atom is -0.465 e. The van der Waals surface area contributed by atoms with Gasteiger partial charge in [-0.15, -0.1) is 0 Å². The first-order valence-electron chi connectivity index (χ1n) is 8.28. The summed E-state index contributed by atoms with van der Waals surface area (Å²) < 4.78 is 9.92. The molecule has 0 atom stereocenters. The summed E-state index contributed by atoms with van der Waals surface area (Å²) in [6.07, 6.45) is 0.928. The maximum Gasteiger partial charge on any atom is 0.337 e. The fraction of sp³-hybridized carbons (Fsp3) is 0.333. The highest BCUT2D eigenvalue weighted by Gasteiger charge is 2.13. The summed E-state index contributed by atoms with van der Waals surface area (Å²) in [5.74, 6) is -0.303. The number of hydrogen-bond donors (Lipinski definition) is 0. The summed E-state index contributed by atoms with van der Waals surface area (Å²) in [6, 6.07) is 14.6. The van der Waals surface area contributed by atoms with E-state index in [2.05, 4.69) is 49.8 Å². The molecule has 0 bridgehead atoms. The van der Waals surface area contributed by atoms with Gasteiger partial charge in [0.25, 0.3) is 0 Å². The molecule has 2 aromatic rings. The summed E-state index contributed by atoms with van der Waals surface area (Å²) in [7, 11) is 1.32. The van der Waals surface area contributed by atoms with Crippen LogP contribution in [-0.2, 0) is 21.4 Å². The second kappa shape index (κ2) is 7.97. The Bertz CT molecular complexity index is 722. The summed E-state index contributed by atoms with van der Waals surface area (Å²) >= 11 is 0. The number of esters is 2. The number of carbonyl (C=O) groups is 2. The number of methoxy groups -OCH3 is 1. The van der Waals surface area contributed by atoms with Gasteiger partial charge >= 0.3 is 11.9 Å². The zero-order chi connectivity index (χ0) is 18.4. The lowest BCUT2D eigenvalue weighted by molar-refractivity contribution is -0.134. The van der Waals surface area contributed by atoms with Gasteiger partial charge in [-0.1, -0.05) is 45.0 Å². The smallest absolute Gasteiger partial charge is 0.337 e. The number of aryl methyl sites for hydroxylation is 1. The molecule has 0 spiro atoms. The van der Waals surface area contributed by atoms with E-state index < -0.39 is 5.97 Å². The molecule has 0 unspecified atom stereocenters. The molecule has 25 heavy (non-hydrogen) atoms. The Kier molecular flexibility index (Phi) is 5.97. The molecule has 0 amide bonds. The molecular weight excluding hydrogens is 316 g/mol. The van der Waals surface area contributed by atoms with Crippen LogP contribution >= 0.6 is 0 Å². The predicted molar refractivity (Wildman–Crippen MR) is 96.9 cm³/mol. The van der Waals surface area contributed by atoms with Crippen molar-refractivity contribution in [1.29, 1.82) is 0 Å². The molecule has 2 rings (SSSR count). The van der Waals surface area contributed by atoms with Crippen molar-refractivity contribution in [1.82, 2.24) is 0 Å². The number of benzene rings is 2. The van der Waals surface area contributed by atoms with Gasteiger partial charge in [0.15, 0.2) is 0 Å². The van der Waals surface area contributed by atoms with E-state index in [9.17, 15) is 9.59 Å². The fourth-order valence-corrected chi connectivity index (χ4v) is 2.38. The van der Waals surface area contributed by atoms with Crippen LogP contribution in [0.3, 0.4) is 0 Å². The van der Waals surface area contributed by atoms with Crippen LogP contribution in [0.1, 0.15) is 48.7 Å². The molecule has 4 nitrogen and oxygen atoms in total. The van der Waals surface area contributed by atoms with E-state index in [1.165, 1.54) is 12.7 Å². The monoisotopic (exact) mass is 340 g/mol. The van der Waals surface area contributed by atoms with Gasteiger partial charge in [-0.2, -0.15) is 0 Å². The summed E-state index contributed by atoms with van der Waals surface area (Å²) in [5, 5.41) is 0. The summed E-state index contributed by atoms with van der Waals surface area (Å²) in [5.41, 5.74) is 2.91. The normalized spacial score (nSPS) is 11.0. The van der Waals surface area contributed by atoms with E-state index >= 15 is 0 Å². The number of hydrogen-bond acceptors (Lipinski definition) is 4. The zero-order valence-corrected chi connectivity index (χ0v) is 15.2. The first-order valence-corrected chi connectivity index (χ1v) is 8.28. The SMILES string of the molecule is COC(=O)c1ccc(OC(=O)CCc2ccc(C(C)(C)C)cc2)cc1. The van der Waals surface area contributed by atoms with Crippen LogP contribution in [0, 0.1) is 0 Å². The number of carbonyl (C=O) groups excluding carboxylic acids is 2. The quantitative estimate of drug-likeness (QED) is 0.601. The van der Waals surface area contributed by atoms with Crippen LogP contribution in [0.2, 0.25) is 0 Å². The van der Waals surface area contributed by atoms with Crippen LogP contribution in [0.25, 0.3) is 0 Å². The van der Waals surface area contributed by atoms with Gasteiger partial charge in [-0.3, -0.25) is 4.79 Å². The molecule has 0 saturated heterocycles. The van der Waals surface area contributed by atoms with Crippen molar-refractivity contribution < 1.29 is 19.1 Å². The molecule has 0 radical (unpaired) electrons. The van der Waals surface area contributed by atoms with E-state index in [0.717, 1.165) is 5.56 Å². The van der Waals surface area contributed by atoms with Crippen molar-refractivity contribution in [2.75, 3.05) is 7.11 Å². The predicted octanol–water partition coefficient (Wildman–Crippen LogP) is 4.31. The lowest BCUT2D eigenvalue weighted by Gasteiger charge is -2.19. The largest absolute Gasteiger partial charge is 0.465 e. The molecule has 0 aliphatic carbocycles. The molecule has 0 aliphatic heterocycles. The first-order chi connectivity index (χ1) is 11.8. The molecule has 0 N–H and O–H groups in total. The minimum absolute atomic E-state index is 0.119. The second-order valence-corrected chi connectivity index (χ2v) is 6.94. The topological polar surface area (TPSA) is 52.6 Å². The third-order valence-electron chi connectivity index (χ3n) is 3.94. The average Bonchev–Trinajstić information content (AvgIpc) is 2.59. The molecule has 0 aliphatic rings. The van der Waals surface area contributed by atoms with Crippen molar-refractivity contribution in [3.05, 3.63) is 65.2 Å². The Balaban J connectivity index is 1.87. The van der Waals surface area contributed by atoms with E-state index in [0.29, 0.717) is 24.2 Å². The number of ether oxygens (including phenoxy) is 2. The Hall–Kier alpha value is -2.62. The molecule has 0 saturated carbocycles. The van der Waals surface area contributed by atoms with Crippen LogP contribution < -0.4 is 4.74 Å². The Labute approximate surface area is 148 Å². The van der Waals surface area contributed by atoms with Gasteiger partial charge in [0, 0.05) is 6.42 Å². The van der Waals surface area contributed by atoms with Crippen molar-refractivity contribution in [3.63, 3.8) is 0 Å². The highest BCUT2D eigenvalue weighted by atomic mass is 16.5. The van der Waals surface area contributed by atoms with Crippen LogP contribution in [0.15, 0.2) is 48.5 Å². The third-order valence-corrected chi connectivity index (χ3v) is 3.94. The van der Waals surface area contributed by atoms with E-state index in [-0.39, 0.29) is 11.4 Å². The third kappa shape index (κ3) is 5.45. The van der Waals surface area contributed by atoms with Gasteiger partial charge in [-0.25, -0.2) is 4.79 Å². The van der Waals surface area contributed by atoms with Crippen molar-refractivity contribution in [2.24, 2.45) is 0 Å². The van der Waals surface area contributed by atoms with Crippen LogP contribution in [-0.4, -0.2) is 19.0 Å². The Morgan fingerprint density at radius 3 is 2.04 bits per heavy atom. The van der Waals surface area contributed by atoms with Crippen molar-refractivity contribution >= 4 is 11.9 Å². The van der Waals surface area contributed by atoms with Crippen molar-refractivity contribution in [2.45, 2.75) is 39.0 Å². The fourth-order valence-electron chi connectivity index (χ4n) is 2.38. The zero-order valence-electron chi connectivity index (χ0n) is 15.2. The van der Waals surface area contributed by atoms with Crippen LogP contribution in [0.4, 0.5) is 0 Å². The van der Waals surface area contributed by atoms with Gasteiger partial charge in [-0.05, 0) is 47.2 Å². The van der Waals surface area contributed by atoms with Gasteiger partial charge in [0.05, 0.1) is 12.7 Å². The lowest BCUT2D eigenvalue weighted by Crippen LogP contribution is -2.11. The second-order valence-electron chi connectivity index (χ2n) is 6.94. The average molecular weight is 340 g/mol. The number of rotatable bonds is 5. The molecule has 0 fully saturated rings. The molecular formula is C21H24O4. The lowest BCUT2D eigenvalue weighted by atomic mass is 9.86. The van der Waals surface area contributed by atoms with Gasteiger partial charge in [0.1, 0.15) is 5.75 Å². The molecule has 0 heterocycles. The van der Waals surface area contributed by atoms with Gasteiger partial charge < -0.3 is 9.47 Å². The summed E-state index contributed by atoms with van der Waals surface area (Å²) in [6.45, 7) is 6.51. The standard InChI is InChI=1S/C21H24O4/c1-21(2,3)17-10-5-15(6-11-17)7-14-19(22)25-18-12-8-16(9-13-18)20(23)24-4/h5-6,8-13H,7,14H2,1-4H3. The van der Waals surface area contributed by atoms with Crippen molar-refractivity contribution in [3.8, 4) is 5.75 Å². The highest BCUT2D eigenvalue weighted by molar-refractivity contribution is 5.89. The molecule has 2 aromatic carbocycles. The molecule has 0 aromatic heterocycles. The van der Waals surface area contributed by atoms with E-state index in [4.69, 9.17) is 4.74 Å². The summed E-state index contributed by atoms with van der Waals surface area (Å²) in [4.78, 5) is 23.3. The maximum atomic E-state index is 12.0. The Morgan fingerprint density at radius 2 is 1.52 bits per heavy atom. The van der Waals surface area contributed by atoms with E-state index in [1.807, 2.05) is 0 Å². The van der Waals surface area contributed by atoms with Crippen LogP contribution in [0.5, 0.6) is 5.75 Å².